The summed E-state index contributed by atoms with van der Waals surface area (Å²) in [5.74, 6) is -1.05. The number of pyridine rings is 2. The Hall–Kier alpha value is -2.23. The van der Waals surface area contributed by atoms with E-state index in [0.29, 0.717) is 5.92 Å². The van der Waals surface area contributed by atoms with Crippen molar-refractivity contribution in [2.45, 2.75) is 32.1 Å². The number of carbonyl (C=O) groups is 1. The van der Waals surface area contributed by atoms with Gasteiger partial charge in [-0.3, -0.25) is 9.97 Å². The second-order valence-corrected chi connectivity index (χ2v) is 6.90. The first-order chi connectivity index (χ1) is 10.5. The normalized spacial score (nSPS) is 27.6. The first-order valence-electron chi connectivity index (χ1n) is 7.63. The van der Waals surface area contributed by atoms with Crippen LogP contribution in [0.5, 0.6) is 0 Å². The van der Waals surface area contributed by atoms with E-state index in [0.717, 1.165) is 29.1 Å². The van der Waals surface area contributed by atoms with Gasteiger partial charge in [-0.1, -0.05) is 26.0 Å². The van der Waals surface area contributed by atoms with Gasteiger partial charge in [0, 0.05) is 29.7 Å². The lowest BCUT2D eigenvalue weighted by molar-refractivity contribution is -0.312. The Bertz CT molecular complexity index is 755. The highest BCUT2D eigenvalue weighted by molar-refractivity contribution is 5.77. The van der Waals surface area contributed by atoms with Gasteiger partial charge in [-0.25, -0.2) is 0 Å². The van der Waals surface area contributed by atoms with Crippen molar-refractivity contribution in [3.8, 4) is 11.4 Å². The topological polar surface area (TPSA) is 65.9 Å². The summed E-state index contributed by atoms with van der Waals surface area (Å²) in [5, 5.41) is 11.6. The highest BCUT2D eigenvalue weighted by Crippen LogP contribution is 2.65. The standard InChI is InChI=1S/C18H18N2O2/c1-18(2)11-9-12(18)16-10(15(11)17(21)22)6-7-14(20-16)13-5-3-4-8-19-13/h3-8,11-12,15H,9H2,1-2H3,(H,21,22)/p-1/t11-,12+,15+/m0/s1. The average molecular weight is 293 g/mol. The maximum atomic E-state index is 11.6. The van der Waals surface area contributed by atoms with E-state index >= 15 is 0 Å². The van der Waals surface area contributed by atoms with Gasteiger partial charge in [0.2, 0.25) is 0 Å². The summed E-state index contributed by atoms with van der Waals surface area (Å²) in [6.07, 6.45) is 2.63. The summed E-state index contributed by atoms with van der Waals surface area (Å²) in [6.45, 7) is 4.28. The average Bonchev–Trinajstić information content (AvgIpc) is 2.53. The first kappa shape index (κ1) is 13.4. The summed E-state index contributed by atoms with van der Waals surface area (Å²) in [6, 6.07) is 9.49. The summed E-state index contributed by atoms with van der Waals surface area (Å²) in [5.41, 5.74) is 3.34. The fourth-order valence-corrected chi connectivity index (χ4v) is 4.18. The molecule has 0 amide bonds. The van der Waals surface area contributed by atoms with Gasteiger partial charge < -0.3 is 9.90 Å². The van der Waals surface area contributed by atoms with E-state index in [1.807, 2.05) is 30.3 Å². The van der Waals surface area contributed by atoms with Gasteiger partial charge in [-0.2, -0.15) is 0 Å². The van der Waals surface area contributed by atoms with E-state index in [4.69, 9.17) is 4.98 Å². The largest absolute Gasteiger partial charge is 0.549 e. The van der Waals surface area contributed by atoms with Crippen molar-refractivity contribution < 1.29 is 9.90 Å². The second-order valence-electron chi connectivity index (χ2n) is 6.90. The van der Waals surface area contributed by atoms with Crippen LogP contribution < -0.4 is 5.11 Å². The third-order valence-corrected chi connectivity index (χ3v) is 5.55. The minimum absolute atomic E-state index is 0.0342. The molecule has 2 bridgehead atoms. The molecule has 1 saturated carbocycles. The Morgan fingerprint density at radius 1 is 1.23 bits per heavy atom. The Morgan fingerprint density at radius 3 is 2.68 bits per heavy atom. The van der Waals surface area contributed by atoms with Crippen LogP contribution in [0.15, 0.2) is 36.5 Å². The smallest absolute Gasteiger partial charge is 0.0889 e. The molecule has 0 aliphatic heterocycles. The molecule has 112 valence electrons. The van der Waals surface area contributed by atoms with Crippen LogP contribution >= 0.6 is 0 Å². The van der Waals surface area contributed by atoms with Gasteiger partial charge in [0.15, 0.2) is 0 Å². The van der Waals surface area contributed by atoms with Gasteiger partial charge in [0.25, 0.3) is 0 Å². The molecule has 0 N–H and O–H groups in total. The predicted molar refractivity (Wildman–Crippen MR) is 79.8 cm³/mol. The van der Waals surface area contributed by atoms with Crippen LogP contribution in [0.1, 0.15) is 43.4 Å². The lowest BCUT2D eigenvalue weighted by Gasteiger charge is -2.60. The Labute approximate surface area is 129 Å². The van der Waals surface area contributed by atoms with E-state index in [2.05, 4.69) is 18.8 Å². The molecule has 0 aromatic carbocycles. The van der Waals surface area contributed by atoms with Crippen molar-refractivity contribution in [1.82, 2.24) is 9.97 Å². The number of hydrogen-bond acceptors (Lipinski definition) is 4. The zero-order valence-electron chi connectivity index (χ0n) is 12.6. The molecular formula is C18H17N2O2-. The van der Waals surface area contributed by atoms with Crippen molar-refractivity contribution in [3.63, 3.8) is 0 Å². The fourth-order valence-electron chi connectivity index (χ4n) is 4.18. The number of carboxylic acid groups (broad SMARTS) is 1. The highest BCUT2D eigenvalue weighted by atomic mass is 16.4. The first-order valence-corrected chi connectivity index (χ1v) is 7.63. The molecule has 3 atom stereocenters. The van der Waals surface area contributed by atoms with Crippen molar-refractivity contribution in [2.24, 2.45) is 11.3 Å². The molecule has 2 aromatic heterocycles. The third-order valence-electron chi connectivity index (χ3n) is 5.55. The Balaban J connectivity index is 1.86. The van der Waals surface area contributed by atoms with Gasteiger partial charge in [0.1, 0.15) is 0 Å². The minimum atomic E-state index is -0.982. The van der Waals surface area contributed by atoms with E-state index in [1.165, 1.54) is 0 Å². The van der Waals surface area contributed by atoms with Crippen LogP contribution in [0.25, 0.3) is 11.4 Å². The predicted octanol–water partition coefficient (Wildman–Crippen LogP) is 2.12. The van der Waals surface area contributed by atoms with Crippen LogP contribution in [0, 0.1) is 11.3 Å². The molecule has 22 heavy (non-hydrogen) atoms. The molecule has 2 aromatic rings. The quantitative estimate of drug-likeness (QED) is 0.850. The molecule has 0 saturated heterocycles. The lowest BCUT2D eigenvalue weighted by atomic mass is 9.45. The summed E-state index contributed by atoms with van der Waals surface area (Å²) in [7, 11) is 0. The molecule has 3 aliphatic carbocycles. The maximum Gasteiger partial charge on any atom is 0.0889 e. The van der Waals surface area contributed by atoms with Gasteiger partial charge in [-0.05, 0) is 41.5 Å². The van der Waals surface area contributed by atoms with Crippen molar-refractivity contribution >= 4 is 5.97 Å². The summed E-state index contributed by atoms with van der Waals surface area (Å²) < 4.78 is 0. The van der Waals surface area contributed by atoms with Crippen LogP contribution in [-0.4, -0.2) is 15.9 Å². The van der Waals surface area contributed by atoms with Crippen LogP contribution in [0.4, 0.5) is 0 Å². The number of nitrogens with zero attached hydrogens (tertiary/aromatic N) is 2. The van der Waals surface area contributed by atoms with Crippen LogP contribution in [0.2, 0.25) is 0 Å². The van der Waals surface area contributed by atoms with Crippen LogP contribution in [-0.2, 0) is 4.79 Å². The van der Waals surface area contributed by atoms with E-state index in [1.54, 1.807) is 6.20 Å². The molecular weight excluding hydrogens is 276 g/mol. The third kappa shape index (κ3) is 1.67. The monoisotopic (exact) mass is 293 g/mol. The Kier molecular flexibility index (Phi) is 2.68. The zero-order chi connectivity index (χ0) is 15.5. The van der Waals surface area contributed by atoms with Gasteiger partial charge in [0.05, 0.1) is 11.4 Å². The van der Waals surface area contributed by atoms with Crippen molar-refractivity contribution in [3.05, 3.63) is 47.8 Å². The lowest BCUT2D eigenvalue weighted by Crippen LogP contribution is -2.54. The van der Waals surface area contributed by atoms with Gasteiger partial charge in [-0.15, -0.1) is 0 Å². The fraction of sp³-hybridized carbons (Fsp3) is 0.389. The molecule has 0 spiro atoms. The molecule has 2 heterocycles. The number of aliphatic carboxylic acids is 1. The minimum Gasteiger partial charge on any atom is -0.549 e. The van der Waals surface area contributed by atoms with E-state index < -0.39 is 11.9 Å². The summed E-state index contributed by atoms with van der Waals surface area (Å²) in [4.78, 5) is 20.8. The van der Waals surface area contributed by atoms with Crippen LogP contribution in [0.3, 0.4) is 0 Å². The highest BCUT2D eigenvalue weighted by Gasteiger charge is 2.57. The summed E-state index contributed by atoms with van der Waals surface area (Å²) >= 11 is 0. The Morgan fingerprint density at radius 2 is 2.05 bits per heavy atom. The molecule has 4 heteroatoms. The van der Waals surface area contributed by atoms with Gasteiger partial charge >= 0.3 is 0 Å². The number of carboxylic acids is 1. The molecule has 5 rings (SSSR count). The number of aromatic nitrogens is 2. The molecule has 0 unspecified atom stereocenters. The number of rotatable bonds is 2. The molecule has 3 aliphatic rings. The second kappa shape index (κ2) is 4.38. The van der Waals surface area contributed by atoms with Crippen molar-refractivity contribution in [1.29, 1.82) is 0 Å². The zero-order valence-corrected chi connectivity index (χ0v) is 12.6. The molecule has 4 nitrogen and oxygen atoms in total. The van der Waals surface area contributed by atoms with E-state index in [9.17, 15) is 9.90 Å². The molecule has 1 fully saturated rings. The number of hydrogen-bond donors (Lipinski definition) is 0. The SMILES string of the molecule is CC1(C)[C@@H]2C[C@H]1[C@H](C(=O)[O-])c1ccc(-c3ccccn3)nc12. The maximum absolute atomic E-state index is 11.6. The van der Waals surface area contributed by atoms with Crippen molar-refractivity contribution in [2.75, 3.05) is 0 Å². The van der Waals surface area contributed by atoms with E-state index in [-0.39, 0.29) is 11.3 Å². The molecule has 0 radical (unpaired) electrons. The number of carbonyl (C=O) groups excluding carboxylic acids is 1.